The van der Waals surface area contributed by atoms with E-state index in [-0.39, 0.29) is 5.56 Å². The molecule has 1 N–H and O–H groups in total. The highest BCUT2D eigenvalue weighted by Gasteiger charge is 2.11. The van der Waals surface area contributed by atoms with Crippen molar-refractivity contribution in [3.05, 3.63) is 63.2 Å². The maximum atomic E-state index is 12.8. The van der Waals surface area contributed by atoms with Crippen LogP contribution in [0.1, 0.15) is 5.56 Å². The normalized spacial score (nSPS) is 10.8. The van der Waals surface area contributed by atoms with Crippen LogP contribution in [0.25, 0.3) is 10.9 Å². The molecule has 24 heavy (non-hydrogen) atoms. The number of nitrogens with one attached hydrogen (secondary N) is 1. The number of H-pyrrole nitrogens is 1. The van der Waals surface area contributed by atoms with Crippen LogP contribution in [0, 0.1) is 4.77 Å². The van der Waals surface area contributed by atoms with Crippen LogP contribution in [0.3, 0.4) is 0 Å². The third-order valence-corrected chi connectivity index (χ3v) is 4.28. The standard InChI is InChI=1S/C18H18N2O3S/c1-22-15-10-13-14(11-16(15)23-2)19-18(24)20(17(13)21)9-8-12-6-4-3-5-7-12/h3-7,10-11H,8-9H2,1-2H3,(H,19,24). The molecule has 0 aliphatic carbocycles. The van der Waals surface area contributed by atoms with Crippen LogP contribution in [-0.4, -0.2) is 23.8 Å². The average Bonchev–Trinajstić information content (AvgIpc) is 2.61. The first-order valence-corrected chi connectivity index (χ1v) is 7.97. The molecule has 0 amide bonds. The molecule has 0 saturated heterocycles. The van der Waals surface area contributed by atoms with E-state index in [4.69, 9.17) is 21.7 Å². The van der Waals surface area contributed by atoms with Gasteiger partial charge >= 0.3 is 0 Å². The maximum Gasteiger partial charge on any atom is 0.262 e. The maximum absolute atomic E-state index is 12.8. The molecule has 0 aliphatic heterocycles. The fourth-order valence-electron chi connectivity index (χ4n) is 2.67. The number of methoxy groups -OCH3 is 2. The van der Waals surface area contributed by atoms with E-state index in [1.54, 1.807) is 30.9 Å². The molecule has 0 bridgehead atoms. The van der Waals surface area contributed by atoms with Crippen molar-refractivity contribution in [1.29, 1.82) is 0 Å². The van der Waals surface area contributed by atoms with Crippen molar-refractivity contribution in [3.63, 3.8) is 0 Å². The lowest BCUT2D eigenvalue weighted by atomic mass is 10.1. The molecule has 0 radical (unpaired) electrons. The van der Waals surface area contributed by atoms with E-state index in [9.17, 15) is 4.79 Å². The summed E-state index contributed by atoms with van der Waals surface area (Å²) in [5, 5.41) is 0.523. The van der Waals surface area contributed by atoms with Gasteiger partial charge in [0.1, 0.15) is 0 Å². The van der Waals surface area contributed by atoms with Crippen molar-refractivity contribution in [2.45, 2.75) is 13.0 Å². The number of hydrogen-bond acceptors (Lipinski definition) is 4. The Hall–Kier alpha value is -2.60. The van der Waals surface area contributed by atoms with Gasteiger partial charge in [-0.15, -0.1) is 0 Å². The monoisotopic (exact) mass is 342 g/mol. The van der Waals surface area contributed by atoms with Gasteiger partial charge in [-0.2, -0.15) is 0 Å². The van der Waals surface area contributed by atoms with E-state index in [1.165, 1.54) is 0 Å². The van der Waals surface area contributed by atoms with Gasteiger partial charge in [0.05, 0.1) is 25.1 Å². The number of aryl methyl sites for hydroxylation is 1. The van der Waals surface area contributed by atoms with Gasteiger partial charge in [0.25, 0.3) is 5.56 Å². The van der Waals surface area contributed by atoms with Gasteiger partial charge in [-0.3, -0.25) is 9.36 Å². The summed E-state index contributed by atoms with van der Waals surface area (Å²) >= 11 is 5.36. The fraction of sp³-hybridized carbons (Fsp3) is 0.222. The molecule has 6 heteroatoms. The van der Waals surface area contributed by atoms with E-state index >= 15 is 0 Å². The summed E-state index contributed by atoms with van der Waals surface area (Å²) in [6.07, 6.45) is 0.733. The van der Waals surface area contributed by atoms with Crippen LogP contribution in [0.4, 0.5) is 0 Å². The van der Waals surface area contributed by atoms with Crippen LogP contribution < -0.4 is 15.0 Å². The highest BCUT2D eigenvalue weighted by Crippen LogP contribution is 2.29. The minimum atomic E-state index is -0.134. The quantitative estimate of drug-likeness (QED) is 0.723. The van der Waals surface area contributed by atoms with Crippen LogP contribution in [0.5, 0.6) is 11.5 Å². The van der Waals surface area contributed by atoms with Crippen molar-refractivity contribution in [2.75, 3.05) is 14.2 Å². The van der Waals surface area contributed by atoms with Gasteiger partial charge < -0.3 is 14.5 Å². The number of benzene rings is 2. The van der Waals surface area contributed by atoms with Gasteiger partial charge in [-0.1, -0.05) is 30.3 Å². The first-order valence-electron chi connectivity index (χ1n) is 7.57. The SMILES string of the molecule is COc1cc2[nH]c(=S)n(CCc3ccccc3)c(=O)c2cc1OC. The number of nitrogens with zero attached hydrogens (tertiary/aromatic N) is 1. The van der Waals surface area contributed by atoms with E-state index in [0.29, 0.717) is 33.7 Å². The summed E-state index contributed by atoms with van der Waals surface area (Å²) in [5.41, 5.74) is 1.66. The average molecular weight is 342 g/mol. The summed E-state index contributed by atoms with van der Waals surface area (Å²) in [6, 6.07) is 13.4. The van der Waals surface area contributed by atoms with Gasteiger partial charge in [0, 0.05) is 12.6 Å². The van der Waals surface area contributed by atoms with Gasteiger partial charge in [-0.25, -0.2) is 0 Å². The number of fused-ring (bicyclic) bond motifs is 1. The third kappa shape index (κ3) is 3.05. The molecule has 5 nitrogen and oxygen atoms in total. The van der Waals surface area contributed by atoms with Crippen LogP contribution in [-0.2, 0) is 13.0 Å². The lowest BCUT2D eigenvalue weighted by molar-refractivity contribution is 0.355. The predicted octanol–water partition coefficient (Wildman–Crippen LogP) is 3.32. The Morgan fingerprint density at radius 2 is 1.75 bits per heavy atom. The Morgan fingerprint density at radius 3 is 2.42 bits per heavy atom. The lowest BCUT2D eigenvalue weighted by Crippen LogP contribution is -2.23. The second kappa shape index (κ2) is 6.88. The minimum Gasteiger partial charge on any atom is -0.493 e. The molecule has 0 spiro atoms. The number of aromatic amines is 1. The summed E-state index contributed by atoms with van der Waals surface area (Å²) in [6.45, 7) is 0.516. The lowest BCUT2D eigenvalue weighted by Gasteiger charge is -2.11. The summed E-state index contributed by atoms with van der Waals surface area (Å²) in [4.78, 5) is 15.9. The molecule has 1 aromatic heterocycles. The highest BCUT2D eigenvalue weighted by molar-refractivity contribution is 7.71. The zero-order chi connectivity index (χ0) is 17.1. The van der Waals surface area contributed by atoms with Crippen molar-refractivity contribution >= 4 is 23.1 Å². The second-order valence-electron chi connectivity index (χ2n) is 5.38. The topological polar surface area (TPSA) is 56.2 Å². The Kier molecular flexibility index (Phi) is 4.66. The second-order valence-corrected chi connectivity index (χ2v) is 5.76. The van der Waals surface area contributed by atoms with E-state index in [0.717, 1.165) is 12.0 Å². The largest absolute Gasteiger partial charge is 0.493 e. The van der Waals surface area contributed by atoms with Gasteiger partial charge in [-0.05, 0) is 30.3 Å². The fourth-order valence-corrected chi connectivity index (χ4v) is 2.95. The van der Waals surface area contributed by atoms with Crippen molar-refractivity contribution in [3.8, 4) is 11.5 Å². The summed E-state index contributed by atoms with van der Waals surface area (Å²) in [7, 11) is 3.10. The van der Waals surface area contributed by atoms with Gasteiger partial charge in [0.15, 0.2) is 16.3 Å². The minimum absolute atomic E-state index is 0.134. The van der Waals surface area contributed by atoms with Crippen LogP contribution in [0.15, 0.2) is 47.3 Å². The molecular formula is C18H18N2O3S. The van der Waals surface area contributed by atoms with Crippen molar-refractivity contribution in [2.24, 2.45) is 0 Å². The van der Waals surface area contributed by atoms with Crippen LogP contribution >= 0.6 is 12.2 Å². The Labute approximate surface area is 144 Å². The number of hydrogen-bond donors (Lipinski definition) is 1. The first-order chi connectivity index (χ1) is 11.6. The summed E-state index contributed by atoms with van der Waals surface area (Å²) in [5.74, 6) is 1.07. The molecule has 1 heterocycles. The highest BCUT2D eigenvalue weighted by atomic mass is 32.1. The van der Waals surface area contributed by atoms with E-state index in [2.05, 4.69) is 4.98 Å². The van der Waals surface area contributed by atoms with Crippen molar-refractivity contribution in [1.82, 2.24) is 9.55 Å². The van der Waals surface area contributed by atoms with E-state index in [1.807, 2.05) is 30.3 Å². The van der Waals surface area contributed by atoms with Crippen LogP contribution in [0.2, 0.25) is 0 Å². The molecule has 3 rings (SSSR count). The number of rotatable bonds is 5. The molecule has 3 aromatic rings. The molecule has 0 fully saturated rings. The molecule has 124 valence electrons. The Morgan fingerprint density at radius 1 is 1.08 bits per heavy atom. The molecule has 0 saturated carbocycles. The molecule has 0 unspecified atom stereocenters. The third-order valence-electron chi connectivity index (χ3n) is 3.95. The number of ether oxygens (including phenoxy) is 2. The Balaban J connectivity index is 2.06. The molecule has 0 atom stereocenters. The van der Waals surface area contributed by atoms with Crippen molar-refractivity contribution < 1.29 is 9.47 Å². The zero-order valence-corrected chi connectivity index (χ0v) is 14.4. The zero-order valence-electron chi connectivity index (χ0n) is 13.5. The molecular weight excluding hydrogens is 324 g/mol. The number of aromatic nitrogens is 2. The molecule has 0 aliphatic rings. The Bertz CT molecular complexity index is 977. The molecule has 2 aromatic carbocycles. The first kappa shape index (κ1) is 16.3. The van der Waals surface area contributed by atoms with Gasteiger partial charge in [0.2, 0.25) is 0 Å². The summed E-state index contributed by atoms with van der Waals surface area (Å²) < 4.78 is 12.5. The predicted molar refractivity (Wildman–Crippen MR) is 96.6 cm³/mol. The van der Waals surface area contributed by atoms with E-state index < -0.39 is 0 Å². The smallest absolute Gasteiger partial charge is 0.262 e.